The van der Waals surface area contributed by atoms with Crippen molar-refractivity contribution in [2.75, 3.05) is 31.0 Å². The lowest BCUT2D eigenvalue weighted by molar-refractivity contribution is -0.117. The van der Waals surface area contributed by atoms with Gasteiger partial charge < -0.3 is 20.9 Å². The van der Waals surface area contributed by atoms with Gasteiger partial charge in [0.2, 0.25) is 5.91 Å². The molecular formula is C19H22N8O3S. The Balaban J connectivity index is 1.80. The minimum atomic E-state index is -2.76. The zero-order valence-corrected chi connectivity index (χ0v) is 18.0. The Morgan fingerprint density at radius 2 is 2.03 bits per heavy atom. The fraction of sp³-hybridized carbons (Fsp3) is 0.316. The van der Waals surface area contributed by atoms with Crippen LogP contribution in [0, 0.1) is 5.92 Å². The fourth-order valence-electron chi connectivity index (χ4n) is 2.97. The van der Waals surface area contributed by atoms with E-state index >= 15 is 0 Å². The molecular weight excluding hydrogens is 420 g/mol. The van der Waals surface area contributed by atoms with Gasteiger partial charge in [0.1, 0.15) is 11.5 Å². The number of hydrogen-bond acceptors (Lipinski definition) is 8. The number of rotatable bonds is 6. The molecule has 4 N–H and O–H groups in total. The molecule has 1 unspecified atom stereocenters. The lowest BCUT2D eigenvalue weighted by atomic mass is 10.2. The summed E-state index contributed by atoms with van der Waals surface area (Å²) < 4.78 is 17.1. The summed E-state index contributed by atoms with van der Waals surface area (Å²) in [5, 5.41) is 17.0. The molecule has 1 fully saturated rings. The summed E-state index contributed by atoms with van der Waals surface area (Å²) in [5.74, 6) is -0.176. The van der Waals surface area contributed by atoms with Crippen molar-refractivity contribution in [1.29, 1.82) is 0 Å². The summed E-state index contributed by atoms with van der Waals surface area (Å²) in [5.41, 5.74) is 0.831. The number of hydrogen-bond donors (Lipinski definition) is 4. The van der Waals surface area contributed by atoms with Crippen LogP contribution in [-0.4, -0.2) is 56.5 Å². The zero-order valence-electron chi connectivity index (χ0n) is 17.2. The maximum absolute atomic E-state index is 13.1. The minimum absolute atomic E-state index is 0.00212. The van der Waals surface area contributed by atoms with Gasteiger partial charge in [0, 0.05) is 43.9 Å². The third kappa shape index (κ3) is 4.19. The summed E-state index contributed by atoms with van der Waals surface area (Å²) >= 11 is 0. The molecule has 0 aromatic carbocycles. The molecule has 2 amide bonds. The van der Waals surface area contributed by atoms with Gasteiger partial charge in [-0.1, -0.05) is 0 Å². The molecule has 3 heterocycles. The van der Waals surface area contributed by atoms with E-state index in [0.29, 0.717) is 10.5 Å². The first kappa shape index (κ1) is 20.7. The highest BCUT2D eigenvalue weighted by molar-refractivity contribution is 7.93. The van der Waals surface area contributed by atoms with Gasteiger partial charge in [-0.15, -0.1) is 10.2 Å². The Hall–Kier alpha value is -3.54. The number of nitrogens with one attached hydrogen (secondary N) is 4. The smallest absolute Gasteiger partial charge is 0.273 e. The molecule has 4 rings (SSSR count). The predicted molar refractivity (Wildman–Crippen MR) is 117 cm³/mol. The molecule has 0 spiro atoms. The van der Waals surface area contributed by atoms with E-state index < -0.39 is 15.6 Å². The monoisotopic (exact) mass is 442 g/mol. The fourth-order valence-corrected chi connectivity index (χ4v) is 3.97. The van der Waals surface area contributed by atoms with Gasteiger partial charge in [0.05, 0.1) is 20.3 Å². The maximum atomic E-state index is 13.1. The Bertz CT molecular complexity index is 1300. The van der Waals surface area contributed by atoms with Crippen LogP contribution in [0.5, 0.6) is 0 Å². The molecule has 31 heavy (non-hydrogen) atoms. The van der Waals surface area contributed by atoms with Crippen molar-refractivity contribution in [3.05, 3.63) is 30.1 Å². The van der Waals surface area contributed by atoms with Crippen molar-refractivity contribution in [2.24, 2.45) is 10.3 Å². The van der Waals surface area contributed by atoms with E-state index in [1.54, 1.807) is 12.3 Å². The highest BCUT2D eigenvalue weighted by atomic mass is 32.2. The molecule has 1 aliphatic carbocycles. The molecule has 0 bridgehead atoms. The number of amides is 2. The van der Waals surface area contributed by atoms with Crippen LogP contribution in [-0.2, 0) is 14.5 Å². The van der Waals surface area contributed by atoms with Gasteiger partial charge in [0.15, 0.2) is 11.5 Å². The van der Waals surface area contributed by atoms with E-state index in [0.717, 1.165) is 18.2 Å². The van der Waals surface area contributed by atoms with Crippen molar-refractivity contribution < 1.29 is 13.8 Å². The number of carbonyl (C=O) groups is 2. The number of aromatic amines is 1. The van der Waals surface area contributed by atoms with E-state index in [1.165, 1.54) is 26.4 Å². The van der Waals surface area contributed by atoms with Gasteiger partial charge in [-0.25, -0.2) is 13.6 Å². The molecule has 0 radical (unpaired) electrons. The molecule has 0 saturated heterocycles. The lowest BCUT2D eigenvalue weighted by Gasteiger charge is -2.15. The SMILES string of the molecule is CN=S(C)(=O)c1cc2cc[nH]c2nc1Nc1cc(NC(=O)C2CC2)nnc1C(=O)NC. The van der Waals surface area contributed by atoms with Crippen LogP contribution in [0.25, 0.3) is 11.0 Å². The molecule has 1 saturated carbocycles. The highest BCUT2D eigenvalue weighted by Crippen LogP contribution is 2.32. The van der Waals surface area contributed by atoms with Gasteiger partial charge in [0.25, 0.3) is 5.91 Å². The first-order chi connectivity index (χ1) is 14.8. The molecule has 1 atom stereocenters. The molecule has 12 heteroatoms. The summed E-state index contributed by atoms with van der Waals surface area (Å²) in [6.07, 6.45) is 4.92. The van der Waals surface area contributed by atoms with Crippen molar-refractivity contribution in [3.8, 4) is 0 Å². The number of H-pyrrole nitrogens is 1. The average Bonchev–Trinajstić information content (AvgIpc) is 3.51. The van der Waals surface area contributed by atoms with Gasteiger partial charge in [-0.05, 0) is 25.0 Å². The quantitative estimate of drug-likeness (QED) is 0.454. The summed E-state index contributed by atoms with van der Waals surface area (Å²) in [4.78, 5) is 32.4. The van der Waals surface area contributed by atoms with Crippen LogP contribution in [0.1, 0.15) is 23.3 Å². The maximum Gasteiger partial charge on any atom is 0.273 e. The topological polar surface area (TPSA) is 154 Å². The molecule has 162 valence electrons. The molecule has 1 aliphatic rings. The van der Waals surface area contributed by atoms with E-state index in [1.807, 2.05) is 6.07 Å². The predicted octanol–water partition coefficient (Wildman–Crippen LogP) is 1.89. The second-order valence-corrected chi connectivity index (χ2v) is 9.61. The van der Waals surface area contributed by atoms with Crippen molar-refractivity contribution in [3.63, 3.8) is 0 Å². The number of carbonyl (C=O) groups excluding carboxylic acids is 2. The van der Waals surface area contributed by atoms with Crippen molar-refractivity contribution in [1.82, 2.24) is 25.5 Å². The van der Waals surface area contributed by atoms with E-state index in [9.17, 15) is 13.8 Å². The van der Waals surface area contributed by atoms with E-state index in [2.05, 4.69) is 40.5 Å². The number of anilines is 3. The van der Waals surface area contributed by atoms with Crippen LogP contribution in [0.15, 0.2) is 33.7 Å². The summed E-state index contributed by atoms with van der Waals surface area (Å²) in [6.45, 7) is 0. The van der Waals surface area contributed by atoms with Crippen molar-refractivity contribution >= 4 is 49.9 Å². The van der Waals surface area contributed by atoms with Crippen LogP contribution >= 0.6 is 0 Å². The van der Waals surface area contributed by atoms with Crippen LogP contribution in [0.4, 0.5) is 17.3 Å². The average molecular weight is 443 g/mol. The molecule has 0 aliphatic heterocycles. The molecule has 3 aromatic heterocycles. The number of pyridine rings is 1. The first-order valence-corrected chi connectivity index (χ1v) is 11.5. The van der Waals surface area contributed by atoms with Gasteiger partial charge >= 0.3 is 0 Å². The third-order valence-electron chi connectivity index (χ3n) is 4.94. The van der Waals surface area contributed by atoms with Gasteiger partial charge in [-0.3, -0.25) is 9.59 Å². The standard InChI is InChI=1S/C19H22N8O3S/c1-20-19(29)15-12(9-14(26-27-15)24-18(28)10-4-5-10)23-17-13(31(3,30)21-2)8-11-6-7-22-16(11)25-17/h6-10H,4-5H2,1-3H3,(H,20,29)(H3,22,23,24,25,26,28). The Labute approximate surface area is 178 Å². The number of fused-ring (bicyclic) bond motifs is 1. The second-order valence-electron chi connectivity index (χ2n) is 7.20. The van der Waals surface area contributed by atoms with E-state index in [4.69, 9.17) is 0 Å². The Morgan fingerprint density at radius 1 is 1.26 bits per heavy atom. The molecule has 3 aromatic rings. The molecule has 11 nitrogen and oxygen atoms in total. The van der Waals surface area contributed by atoms with Gasteiger partial charge in [-0.2, -0.15) is 0 Å². The summed E-state index contributed by atoms with van der Waals surface area (Å²) in [7, 11) is 0.188. The first-order valence-electron chi connectivity index (χ1n) is 9.58. The highest BCUT2D eigenvalue weighted by Gasteiger charge is 2.30. The largest absolute Gasteiger partial charge is 0.354 e. The lowest BCUT2D eigenvalue weighted by Crippen LogP contribution is -2.23. The van der Waals surface area contributed by atoms with Crippen molar-refractivity contribution in [2.45, 2.75) is 17.7 Å². The Morgan fingerprint density at radius 3 is 2.71 bits per heavy atom. The number of nitrogens with zero attached hydrogens (tertiary/aromatic N) is 4. The second kappa shape index (κ2) is 7.95. The normalized spacial score (nSPS) is 15.2. The zero-order chi connectivity index (χ0) is 22.2. The van der Waals surface area contributed by atoms with E-state index in [-0.39, 0.29) is 34.8 Å². The minimum Gasteiger partial charge on any atom is -0.354 e. The van der Waals surface area contributed by atoms with Crippen LogP contribution < -0.4 is 16.0 Å². The third-order valence-corrected chi connectivity index (χ3v) is 6.77. The number of aromatic nitrogens is 4. The van der Waals surface area contributed by atoms with Crippen LogP contribution in [0.3, 0.4) is 0 Å². The van der Waals surface area contributed by atoms with Crippen LogP contribution in [0.2, 0.25) is 0 Å². The Kier molecular flexibility index (Phi) is 5.31. The summed E-state index contributed by atoms with van der Waals surface area (Å²) in [6, 6.07) is 5.06.